The number of ether oxygens (including phenoxy) is 2. The van der Waals surface area contributed by atoms with E-state index in [1.807, 2.05) is 0 Å². The van der Waals surface area contributed by atoms with Crippen molar-refractivity contribution in [2.75, 3.05) is 13.7 Å². The van der Waals surface area contributed by atoms with Gasteiger partial charge < -0.3 is 15.2 Å². The third kappa shape index (κ3) is 5.07. The lowest BCUT2D eigenvalue weighted by atomic mass is 10.1. The quantitative estimate of drug-likeness (QED) is 0.728. The first-order valence-corrected chi connectivity index (χ1v) is 5.39. The maximum atomic E-state index is 11.5. The summed E-state index contributed by atoms with van der Waals surface area (Å²) < 4.78 is 9.77. The van der Waals surface area contributed by atoms with Crippen LogP contribution in [0.15, 0.2) is 24.3 Å². The zero-order valence-corrected chi connectivity index (χ0v) is 10.3. The fraction of sp³-hybridized carbons (Fsp3) is 0.250. The molecule has 0 aliphatic heterocycles. The van der Waals surface area contributed by atoms with Gasteiger partial charge in [-0.25, -0.2) is 4.79 Å². The molecule has 0 spiro atoms. The summed E-state index contributed by atoms with van der Waals surface area (Å²) in [5.74, 6) is -0.828. The lowest BCUT2D eigenvalue weighted by Gasteiger charge is -2.08. The summed E-state index contributed by atoms with van der Waals surface area (Å²) in [5, 5.41) is 1.78. The molecule has 0 unspecified atom stereocenters. The van der Waals surface area contributed by atoms with E-state index in [1.54, 1.807) is 29.6 Å². The molecule has 7 nitrogen and oxygen atoms in total. The van der Waals surface area contributed by atoms with E-state index in [-0.39, 0.29) is 6.42 Å². The molecular formula is C12H14N2O5. The second-order valence-electron chi connectivity index (χ2n) is 3.56. The van der Waals surface area contributed by atoms with Gasteiger partial charge in [0.15, 0.2) is 6.61 Å². The van der Waals surface area contributed by atoms with Gasteiger partial charge in [0.25, 0.3) is 5.91 Å². The summed E-state index contributed by atoms with van der Waals surface area (Å²) in [7, 11) is 1.49. The molecule has 0 saturated heterocycles. The van der Waals surface area contributed by atoms with E-state index < -0.39 is 24.5 Å². The number of primary amides is 1. The van der Waals surface area contributed by atoms with Crippen molar-refractivity contribution in [1.29, 1.82) is 0 Å². The van der Waals surface area contributed by atoms with E-state index in [9.17, 15) is 14.4 Å². The average molecular weight is 266 g/mol. The average Bonchev–Trinajstić information content (AvgIpc) is 2.36. The maximum Gasteiger partial charge on any atom is 0.318 e. The Balaban J connectivity index is 2.47. The molecule has 0 saturated carbocycles. The Hall–Kier alpha value is -2.57. The summed E-state index contributed by atoms with van der Waals surface area (Å²) in [6.07, 6.45) is -0.0339. The van der Waals surface area contributed by atoms with Gasteiger partial charge in [0, 0.05) is 5.56 Å². The Morgan fingerprint density at radius 1 is 1.26 bits per heavy atom. The number of carbonyl (C=O) groups excluding carboxylic acids is 3. The molecule has 0 aromatic heterocycles. The monoisotopic (exact) mass is 266 g/mol. The number of urea groups is 1. The van der Waals surface area contributed by atoms with Crippen LogP contribution in [0, 0.1) is 0 Å². The van der Waals surface area contributed by atoms with Crippen molar-refractivity contribution < 1.29 is 23.9 Å². The van der Waals surface area contributed by atoms with E-state index in [0.717, 1.165) is 0 Å². The molecule has 0 bridgehead atoms. The Bertz CT molecular complexity index is 487. The van der Waals surface area contributed by atoms with Crippen molar-refractivity contribution in [3.8, 4) is 5.75 Å². The van der Waals surface area contributed by atoms with Gasteiger partial charge in [0.1, 0.15) is 5.75 Å². The van der Waals surface area contributed by atoms with Gasteiger partial charge in [-0.05, 0) is 6.07 Å². The van der Waals surface area contributed by atoms with Gasteiger partial charge in [-0.3, -0.25) is 14.9 Å². The van der Waals surface area contributed by atoms with Crippen LogP contribution in [-0.2, 0) is 20.7 Å². The number of benzene rings is 1. The van der Waals surface area contributed by atoms with Gasteiger partial charge >= 0.3 is 12.0 Å². The highest BCUT2D eigenvalue weighted by Crippen LogP contribution is 2.17. The minimum absolute atomic E-state index is 0.0339. The topological polar surface area (TPSA) is 108 Å². The summed E-state index contributed by atoms with van der Waals surface area (Å²) in [4.78, 5) is 32.9. The standard InChI is InChI=1S/C12H14N2O5/c1-18-9-5-3-2-4-8(9)6-11(16)19-7-10(15)14-12(13)17/h2-5H,6-7H2,1H3,(H3,13,14,15,17). The highest BCUT2D eigenvalue weighted by Gasteiger charge is 2.12. The van der Waals surface area contributed by atoms with E-state index in [1.165, 1.54) is 7.11 Å². The van der Waals surface area contributed by atoms with Crippen molar-refractivity contribution in [2.24, 2.45) is 5.73 Å². The number of hydrogen-bond donors (Lipinski definition) is 2. The minimum Gasteiger partial charge on any atom is -0.496 e. The molecule has 1 aromatic carbocycles. The molecule has 0 radical (unpaired) electrons. The molecule has 0 heterocycles. The summed E-state index contributed by atoms with van der Waals surface area (Å²) in [5.41, 5.74) is 5.38. The van der Waals surface area contributed by atoms with E-state index in [0.29, 0.717) is 11.3 Å². The number of para-hydroxylation sites is 1. The third-order valence-corrected chi connectivity index (χ3v) is 2.15. The second-order valence-corrected chi connectivity index (χ2v) is 3.56. The molecule has 3 N–H and O–H groups in total. The Morgan fingerprint density at radius 3 is 2.58 bits per heavy atom. The summed E-state index contributed by atoms with van der Waals surface area (Å²) >= 11 is 0. The van der Waals surface area contributed by atoms with Crippen molar-refractivity contribution in [1.82, 2.24) is 5.32 Å². The van der Waals surface area contributed by atoms with Crippen LogP contribution < -0.4 is 15.8 Å². The number of carbonyl (C=O) groups is 3. The minimum atomic E-state index is -0.995. The molecule has 1 aromatic rings. The van der Waals surface area contributed by atoms with Crippen molar-refractivity contribution >= 4 is 17.9 Å². The Kier molecular flexibility index (Phi) is 5.34. The van der Waals surface area contributed by atoms with E-state index >= 15 is 0 Å². The number of imide groups is 1. The van der Waals surface area contributed by atoms with Gasteiger partial charge in [0.2, 0.25) is 0 Å². The second kappa shape index (κ2) is 7.00. The van der Waals surface area contributed by atoms with E-state index in [4.69, 9.17) is 15.2 Å². The van der Waals surface area contributed by atoms with Crippen LogP contribution in [0.25, 0.3) is 0 Å². The van der Waals surface area contributed by atoms with Crippen LogP contribution in [0.3, 0.4) is 0 Å². The molecule has 0 aliphatic rings. The summed E-state index contributed by atoms with van der Waals surface area (Å²) in [6, 6.07) is 5.95. The number of methoxy groups -OCH3 is 1. The van der Waals surface area contributed by atoms with E-state index in [2.05, 4.69) is 0 Å². The third-order valence-electron chi connectivity index (χ3n) is 2.15. The molecular weight excluding hydrogens is 252 g/mol. The first-order valence-electron chi connectivity index (χ1n) is 5.39. The lowest BCUT2D eigenvalue weighted by molar-refractivity contribution is -0.147. The predicted molar refractivity (Wildman–Crippen MR) is 65.4 cm³/mol. The summed E-state index contributed by atoms with van der Waals surface area (Å²) in [6.45, 7) is -0.559. The van der Waals surface area contributed by atoms with Crippen LogP contribution >= 0.6 is 0 Å². The van der Waals surface area contributed by atoms with Gasteiger partial charge in [0.05, 0.1) is 13.5 Å². The highest BCUT2D eigenvalue weighted by molar-refractivity contribution is 5.94. The lowest BCUT2D eigenvalue weighted by Crippen LogP contribution is -2.37. The van der Waals surface area contributed by atoms with Crippen molar-refractivity contribution in [3.05, 3.63) is 29.8 Å². The number of amides is 3. The van der Waals surface area contributed by atoms with Crippen LogP contribution in [0.4, 0.5) is 4.79 Å². The number of nitrogens with one attached hydrogen (secondary N) is 1. The first-order chi connectivity index (χ1) is 9.02. The number of nitrogens with two attached hydrogens (primary N) is 1. The predicted octanol–water partition coefficient (Wildman–Crippen LogP) is -0.0242. The molecule has 19 heavy (non-hydrogen) atoms. The molecule has 1 rings (SSSR count). The van der Waals surface area contributed by atoms with Gasteiger partial charge in [-0.15, -0.1) is 0 Å². The molecule has 0 fully saturated rings. The smallest absolute Gasteiger partial charge is 0.318 e. The highest BCUT2D eigenvalue weighted by atomic mass is 16.5. The SMILES string of the molecule is COc1ccccc1CC(=O)OCC(=O)NC(N)=O. The Labute approximate surface area is 109 Å². The van der Waals surface area contributed by atoms with Crippen LogP contribution in [0.2, 0.25) is 0 Å². The zero-order valence-electron chi connectivity index (χ0n) is 10.3. The molecule has 102 valence electrons. The maximum absolute atomic E-state index is 11.5. The zero-order chi connectivity index (χ0) is 14.3. The van der Waals surface area contributed by atoms with Crippen LogP contribution in [0.1, 0.15) is 5.56 Å². The molecule has 3 amide bonds. The number of hydrogen-bond acceptors (Lipinski definition) is 5. The van der Waals surface area contributed by atoms with Gasteiger partial charge in [-0.1, -0.05) is 18.2 Å². The fourth-order valence-corrected chi connectivity index (χ4v) is 1.38. The Morgan fingerprint density at radius 2 is 1.95 bits per heavy atom. The van der Waals surface area contributed by atoms with Crippen LogP contribution in [0.5, 0.6) is 5.75 Å². The van der Waals surface area contributed by atoms with Crippen molar-refractivity contribution in [3.63, 3.8) is 0 Å². The first kappa shape index (κ1) is 14.5. The van der Waals surface area contributed by atoms with Crippen LogP contribution in [-0.4, -0.2) is 31.6 Å². The molecule has 0 atom stereocenters. The largest absolute Gasteiger partial charge is 0.496 e. The molecule has 0 aliphatic carbocycles. The van der Waals surface area contributed by atoms with Gasteiger partial charge in [-0.2, -0.15) is 0 Å². The number of rotatable bonds is 5. The fourth-order valence-electron chi connectivity index (χ4n) is 1.38. The normalized spacial score (nSPS) is 9.53. The number of esters is 1. The van der Waals surface area contributed by atoms with Crippen molar-refractivity contribution in [2.45, 2.75) is 6.42 Å². The molecule has 7 heteroatoms.